The molecule has 4 rings (SSSR count). The van der Waals surface area contributed by atoms with Gasteiger partial charge in [0.05, 0.1) is 18.3 Å². The van der Waals surface area contributed by atoms with Crippen LogP contribution in [0.4, 0.5) is 10.5 Å². The average Bonchev–Trinajstić information content (AvgIpc) is 3.05. The number of hydrogen-bond donors (Lipinski definition) is 3. The molecule has 0 fully saturated rings. The summed E-state index contributed by atoms with van der Waals surface area (Å²) in [5.74, 6) is 0.844. The molecule has 0 radical (unpaired) electrons. The minimum absolute atomic E-state index is 0.0367. The lowest BCUT2D eigenvalue weighted by Gasteiger charge is -2.26. The summed E-state index contributed by atoms with van der Waals surface area (Å²) in [5.41, 5.74) is 2.81. The zero-order valence-electron chi connectivity index (χ0n) is 12.5. The molecule has 1 atom stereocenters. The molecule has 5 nitrogen and oxygen atoms in total. The Labute approximate surface area is 133 Å². The van der Waals surface area contributed by atoms with Crippen LogP contribution in [0.15, 0.2) is 54.7 Å². The molecule has 1 aliphatic rings. The monoisotopic (exact) mass is 307 g/mol. The Morgan fingerprint density at radius 2 is 2.04 bits per heavy atom. The quantitative estimate of drug-likeness (QED) is 0.674. The van der Waals surface area contributed by atoms with Crippen LogP contribution in [0.5, 0.6) is 5.75 Å². The molecule has 0 saturated heterocycles. The molecule has 2 amide bonds. The SMILES string of the molecule is O=C(Nc1cccc2[nH]ccc12)NC1CCOc2ccccc21. The van der Waals surface area contributed by atoms with Gasteiger partial charge in [-0.3, -0.25) is 0 Å². The van der Waals surface area contributed by atoms with Crippen LogP contribution in [0, 0.1) is 0 Å². The summed E-state index contributed by atoms with van der Waals surface area (Å²) in [6.45, 7) is 0.607. The van der Waals surface area contributed by atoms with E-state index in [4.69, 9.17) is 4.74 Å². The Morgan fingerprint density at radius 1 is 1.13 bits per heavy atom. The van der Waals surface area contributed by atoms with E-state index in [0.29, 0.717) is 6.61 Å². The predicted octanol–water partition coefficient (Wildman–Crippen LogP) is 3.81. The molecule has 0 spiro atoms. The molecule has 1 aromatic heterocycles. The summed E-state index contributed by atoms with van der Waals surface area (Å²) in [5, 5.41) is 6.97. The van der Waals surface area contributed by atoms with Crippen LogP contribution in [-0.2, 0) is 0 Å². The van der Waals surface area contributed by atoms with Crippen molar-refractivity contribution in [2.24, 2.45) is 0 Å². The Bertz CT molecular complexity index is 856. The van der Waals surface area contributed by atoms with E-state index in [9.17, 15) is 4.79 Å². The molecule has 3 aromatic rings. The van der Waals surface area contributed by atoms with Gasteiger partial charge in [-0.25, -0.2) is 4.79 Å². The highest BCUT2D eigenvalue weighted by Gasteiger charge is 2.22. The molecule has 0 bridgehead atoms. The third-order valence-corrected chi connectivity index (χ3v) is 4.11. The number of nitrogens with one attached hydrogen (secondary N) is 3. The smallest absolute Gasteiger partial charge is 0.319 e. The van der Waals surface area contributed by atoms with Crippen LogP contribution in [0.3, 0.4) is 0 Å². The van der Waals surface area contributed by atoms with E-state index in [0.717, 1.165) is 34.3 Å². The number of carbonyl (C=O) groups excluding carboxylic acids is 1. The number of amides is 2. The topological polar surface area (TPSA) is 66.2 Å². The van der Waals surface area contributed by atoms with E-state index in [1.165, 1.54) is 0 Å². The summed E-state index contributed by atoms with van der Waals surface area (Å²) >= 11 is 0. The van der Waals surface area contributed by atoms with E-state index in [1.54, 1.807) is 0 Å². The van der Waals surface area contributed by atoms with Crippen LogP contribution in [-0.4, -0.2) is 17.6 Å². The zero-order valence-corrected chi connectivity index (χ0v) is 12.5. The Kier molecular flexibility index (Phi) is 3.38. The fourth-order valence-electron chi connectivity index (χ4n) is 3.00. The predicted molar refractivity (Wildman–Crippen MR) is 89.7 cm³/mol. The lowest BCUT2D eigenvalue weighted by atomic mass is 10.0. The number of fused-ring (bicyclic) bond motifs is 2. The normalized spacial score (nSPS) is 16.4. The number of aromatic nitrogens is 1. The van der Waals surface area contributed by atoms with E-state index >= 15 is 0 Å². The molecule has 2 aromatic carbocycles. The number of rotatable bonds is 2. The number of benzene rings is 2. The van der Waals surface area contributed by atoms with Crippen LogP contribution < -0.4 is 15.4 Å². The molecule has 5 heteroatoms. The molecule has 0 aliphatic carbocycles. The van der Waals surface area contributed by atoms with Crippen molar-refractivity contribution in [2.45, 2.75) is 12.5 Å². The highest BCUT2D eigenvalue weighted by atomic mass is 16.5. The lowest BCUT2D eigenvalue weighted by Crippen LogP contribution is -2.35. The number of hydrogen-bond acceptors (Lipinski definition) is 2. The van der Waals surface area contributed by atoms with Gasteiger partial charge in [0.15, 0.2) is 0 Å². The molecule has 3 N–H and O–H groups in total. The lowest BCUT2D eigenvalue weighted by molar-refractivity contribution is 0.232. The van der Waals surface area contributed by atoms with Gasteiger partial charge in [0.25, 0.3) is 0 Å². The molecular weight excluding hydrogens is 290 g/mol. The third-order valence-electron chi connectivity index (χ3n) is 4.11. The van der Waals surface area contributed by atoms with Gasteiger partial charge >= 0.3 is 6.03 Å². The maximum atomic E-state index is 12.4. The van der Waals surface area contributed by atoms with Gasteiger partial charge < -0.3 is 20.4 Å². The van der Waals surface area contributed by atoms with Crippen molar-refractivity contribution in [2.75, 3.05) is 11.9 Å². The third kappa shape index (κ3) is 2.61. The Balaban J connectivity index is 1.52. The zero-order chi connectivity index (χ0) is 15.6. The number of carbonyl (C=O) groups is 1. The van der Waals surface area contributed by atoms with Gasteiger partial charge in [-0.15, -0.1) is 0 Å². The van der Waals surface area contributed by atoms with Crippen LogP contribution >= 0.6 is 0 Å². The second kappa shape index (κ2) is 5.68. The summed E-state index contributed by atoms with van der Waals surface area (Å²) in [7, 11) is 0. The van der Waals surface area contributed by atoms with E-state index in [-0.39, 0.29) is 12.1 Å². The molecule has 1 unspecified atom stereocenters. The van der Waals surface area contributed by atoms with Crippen molar-refractivity contribution < 1.29 is 9.53 Å². The summed E-state index contributed by atoms with van der Waals surface area (Å²) < 4.78 is 5.62. The van der Waals surface area contributed by atoms with Gasteiger partial charge in [0.2, 0.25) is 0 Å². The highest BCUT2D eigenvalue weighted by molar-refractivity contribution is 6.00. The number of ether oxygens (including phenoxy) is 1. The second-order valence-electron chi connectivity index (χ2n) is 5.57. The summed E-state index contributed by atoms with van der Waals surface area (Å²) in [4.78, 5) is 15.5. The van der Waals surface area contributed by atoms with Gasteiger partial charge in [-0.1, -0.05) is 24.3 Å². The molecule has 2 heterocycles. The molecular formula is C18H17N3O2. The Morgan fingerprint density at radius 3 is 3.00 bits per heavy atom. The molecule has 0 saturated carbocycles. The van der Waals surface area contributed by atoms with Gasteiger partial charge in [0, 0.05) is 29.1 Å². The van der Waals surface area contributed by atoms with Crippen LogP contribution in [0.25, 0.3) is 10.9 Å². The molecule has 23 heavy (non-hydrogen) atoms. The number of aromatic amines is 1. The van der Waals surface area contributed by atoms with Crippen molar-refractivity contribution in [3.05, 3.63) is 60.3 Å². The number of para-hydroxylation sites is 1. The number of H-pyrrole nitrogens is 1. The van der Waals surface area contributed by atoms with Gasteiger partial charge in [0.1, 0.15) is 5.75 Å². The number of urea groups is 1. The minimum Gasteiger partial charge on any atom is -0.493 e. The second-order valence-corrected chi connectivity index (χ2v) is 5.57. The Hall–Kier alpha value is -2.95. The maximum Gasteiger partial charge on any atom is 0.319 e. The van der Waals surface area contributed by atoms with Gasteiger partial charge in [-0.2, -0.15) is 0 Å². The molecule has 1 aliphatic heterocycles. The summed E-state index contributed by atoms with van der Waals surface area (Å²) in [6.07, 6.45) is 2.63. The van der Waals surface area contributed by atoms with Crippen molar-refractivity contribution in [3.63, 3.8) is 0 Å². The fourth-order valence-corrected chi connectivity index (χ4v) is 3.00. The number of anilines is 1. The van der Waals surface area contributed by atoms with Crippen molar-refractivity contribution in [1.82, 2.24) is 10.3 Å². The first-order chi connectivity index (χ1) is 11.3. The minimum atomic E-state index is -0.208. The summed E-state index contributed by atoms with van der Waals surface area (Å²) in [6, 6.07) is 15.3. The van der Waals surface area contributed by atoms with Crippen molar-refractivity contribution in [3.8, 4) is 5.75 Å². The highest BCUT2D eigenvalue weighted by Crippen LogP contribution is 2.31. The van der Waals surface area contributed by atoms with Crippen molar-refractivity contribution >= 4 is 22.6 Å². The maximum absolute atomic E-state index is 12.4. The van der Waals surface area contributed by atoms with E-state index in [2.05, 4.69) is 15.6 Å². The van der Waals surface area contributed by atoms with Crippen LogP contribution in [0.1, 0.15) is 18.0 Å². The van der Waals surface area contributed by atoms with E-state index < -0.39 is 0 Å². The first kappa shape index (κ1) is 13.7. The first-order valence-corrected chi connectivity index (χ1v) is 7.66. The van der Waals surface area contributed by atoms with Crippen molar-refractivity contribution in [1.29, 1.82) is 0 Å². The van der Waals surface area contributed by atoms with E-state index in [1.807, 2.05) is 54.7 Å². The average molecular weight is 307 g/mol. The van der Waals surface area contributed by atoms with Gasteiger partial charge in [-0.05, 0) is 24.3 Å². The molecule has 116 valence electrons. The largest absolute Gasteiger partial charge is 0.493 e. The van der Waals surface area contributed by atoms with Crippen LogP contribution in [0.2, 0.25) is 0 Å². The standard InChI is InChI=1S/C18H17N3O2/c22-18(20-15-6-3-5-14-12(15)8-10-19-14)21-16-9-11-23-17-7-2-1-4-13(16)17/h1-8,10,16,19H,9,11H2,(H2,20,21,22). The fraction of sp³-hybridized carbons (Fsp3) is 0.167. The first-order valence-electron chi connectivity index (χ1n) is 7.66.